The molecule has 2 aliphatic heterocycles. The van der Waals surface area contributed by atoms with E-state index in [0.29, 0.717) is 24.4 Å². The number of hydrogen-bond donors (Lipinski definition) is 2. The van der Waals surface area contributed by atoms with E-state index in [0.717, 1.165) is 58.5 Å². The number of amides is 2. The van der Waals surface area contributed by atoms with Gasteiger partial charge < -0.3 is 15.5 Å². The van der Waals surface area contributed by atoms with E-state index in [4.69, 9.17) is 0 Å². The maximum atomic E-state index is 12.7. The highest BCUT2D eigenvalue weighted by atomic mass is 35.5. The third-order valence-corrected chi connectivity index (χ3v) is 5.58. The molecule has 144 valence electrons. The van der Waals surface area contributed by atoms with Crippen LogP contribution >= 0.6 is 24.8 Å². The van der Waals surface area contributed by atoms with E-state index in [1.165, 1.54) is 0 Å². The summed E-state index contributed by atoms with van der Waals surface area (Å²) >= 11 is 0. The van der Waals surface area contributed by atoms with E-state index in [9.17, 15) is 9.59 Å². The standard InChI is InChI=1S/C17H28N4O2.2ClH/c1-2-5-19-15(22)13-20-8-10-21(11-9-20)16(23)14-12-17(14)3-6-18-7-4-17;;/h2,14,18H,1,3-13H2,(H,19,22);2*1H. The molecule has 0 radical (unpaired) electrons. The summed E-state index contributed by atoms with van der Waals surface area (Å²) in [6.45, 7) is 9.69. The molecule has 0 aromatic heterocycles. The van der Waals surface area contributed by atoms with Gasteiger partial charge in [-0.15, -0.1) is 31.4 Å². The molecule has 3 aliphatic rings. The van der Waals surface area contributed by atoms with Gasteiger partial charge in [0, 0.05) is 38.6 Å². The van der Waals surface area contributed by atoms with E-state index in [-0.39, 0.29) is 36.6 Å². The van der Waals surface area contributed by atoms with Crippen LogP contribution in [-0.4, -0.2) is 74.0 Å². The summed E-state index contributed by atoms with van der Waals surface area (Å²) in [7, 11) is 0. The minimum absolute atomic E-state index is 0. The number of halogens is 2. The molecule has 25 heavy (non-hydrogen) atoms. The summed E-state index contributed by atoms with van der Waals surface area (Å²) in [6.07, 6.45) is 5.05. The predicted octanol–water partition coefficient (Wildman–Crippen LogP) is 0.666. The van der Waals surface area contributed by atoms with Gasteiger partial charge in [0.1, 0.15) is 0 Å². The summed E-state index contributed by atoms with van der Waals surface area (Å²) in [6, 6.07) is 0. The Morgan fingerprint density at radius 3 is 2.40 bits per heavy atom. The van der Waals surface area contributed by atoms with Crippen molar-refractivity contribution >= 4 is 36.6 Å². The summed E-state index contributed by atoms with van der Waals surface area (Å²) in [5.74, 6) is 0.634. The van der Waals surface area contributed by atoms with Gasteiger partial charge in [-0.25, -0.2) is 0 Å². The number of hydrogen-bond acceptors (Lipinski definition) is 4. The molecule has 3 fully saturated rings. The Bertz CT molecular complexity index is 475. The number of piperidine rings is 1. The SMILES string of the molecule is C=CCNC(=O)CN1CCN(C(=O)C2CC23CCNCC3)CC1.Cl.Cl. The third kappa shape index (κ3) is 5.33. The lowest BCUT2D eigenvalue weighted by atomic mass is 9.91. The zero-order valence-electron chi connectivity index (χ0n) is 14.7. The van der Waals surface area contributed by atoms with Crippen molar-refractivity contribution in [1.29, 1.82) is 0 Å². The molecule has 1 aliphatic carbocycles. The molecular weight excluding hydrogens is 363 g/mol. The second kappa shape index (κ2) is 9.76. The quantitative estimate of drug-likeness (QED) is 0.674. The van der Waals surface area contributed by atoms with Crippen LogP contribution in [-0.2, 0) is 9.59 Å². The van der Waals surface area contributed by atoms with Gasteiger partial charge in [-0.2, -0.15) is 0 Å². The minimum atomic E-state index is 0. The van der Waals surface area contributed by atoms with E-state index >= 15 is 0 Å². The molecule has 8 heteroatoms. The number of piperazine rings is 1. The topological polar surface area (TPSA) is 64.7 Å². The van der Waals surface area contributed by atoms with Gasteiger partial charge in [0.2, 0.25) is 11.8 Å². The Morgan fingerprint density at radius 2 is 1.80 bits per heavy atom. The number of nitrogens with one attached hydrogen (secondary N) is 2. The lowest BCUT2D eigenvalue weighted by molar-refractivity contribution is -0.135. The van der Waals surface area contributed by atoms with Crippen LogP contribution in [0, 0.1) is 11.3 Å². The Labute approximate surface area is 162 Å². The molecule has 0 aromatic carbocycles. The second-order valence-electron chi connectivity index (χ2n) is 7.06. The van der Waals surface area contributed by atoms with E-state index in [1.54, 1.807) is 6.08 Å². The normalized spacial score (nSPS) is 24.6. The lowest BCUT2D eigenvalue weighted by Gasteiger charge is -2.35. The first-order valence-corrected chi connectivity index (χ1v) is 8.74. The van der Waals surface area contributed by atoms with Crippen LogP contribution in [0.3, 0.4) is 0 Å². The van der Waals surface area contributed by atoms with Crippen molar-refractivity contribution < 1.29 is 9.59 Å². The smallest absolute Gasteiger partial charge is 0.234 e. The van der Waals surface area contributed by atoms with Crippen molar-refractivity contribution in [3.8, 4) is 0 Å². The summed E-state index contributed by atoms with van der Waals surface area (Å²) in [5.41, 5.74) is 0.310. The van der Waals surface area contributed by atoms with E-state index in [1.807, 2.05) is 4.90 Å². The van der Waals surface area contributed by atoms with Crippen LogP contribution < -0.4 is 10.6 Å². The van der Waals surface area contributed by atoms with Crippen LogP contribution in [0.25, 0.3) is 0 Å². The number of rotatable bonds is 5. The molecule has 2 amide bonds. The maximum Gasteiger partial charge on any atom is 0.234 e. The van der Waals surface area contributed by atoms with Gasteiger partial charge in [0.15, 0.2) is 0 Å². The van der Waals surface area contributed by atoms with Gasteiger partial charge in [0.25, 0.3) is 0 Å². The van der Waals surface area contributed by atoms with Crippen molar-refractivity contribution in [3.05, 3.63) is 12.7 Å². The van der Waals surface area contributed by atoms with Crippen LogP contribution in [0.5, 0.6) is 0 Å². The highest BCUT2D eigenvalue weighted by Crippen LogP contribution is 2.59. The van der Waals surface area contributed by atoms with Gasteiger partial charge in [-0.05, 0) is 37.8 Å². The Hall–Kier alpha value is -0.820. The number of nitrogens with zero attached hydrogens (tertiary/aromatic N) is 2. The maximum absolute atomic E-state index is 12.7. The summed E-state index contributed by atoms with van der Waals surface area (Å²) < 4.78 is 0. The highest BCUT2D eigenvalue weighted by Gasteiger charge is 2.58. The number of carbonyl (C=O) groups is 2. The Kier molecular flexibility index (Phi) is 8.68. The molecule has 1 saturated carbocycles. The molecule has 1 spiro atoms. The first-order chi connectivity index (χ1) is 11.1. The van der Waals surface area contributed by atoms with Crippen LogP contribution in [0.15, 0.2) is 12.7 Å². The zero-order chi connectivity index (χ0) is 16.3. The van der Waals surface area contributed by atoms with Crippen molar-refractivity contribution in [1.82, 2.24) is 20.4 Å². The van der Waals surface area contributed by atoms with E-state index < -0.39 is 0 Å². The Morgan fingerprint density at radius 1 is 1.16 bits per heavy atom. The van der Waals surface area contributed by atoms with Gasteiger partial charge in [0.05, 0.1) is 6.54 Å². The fraction of sp³-hybridized carbons (Fsp3) is 0.765. The molecule has 2 N–H and O–H groups in total. The van der Waals surface area contributed by atoms with E-state index in [2.05, 4.69) is 22.1 Å². The van der Waals surface area contributed by atoms with Crippen molar-refractivity contribution in [2.24, 2.45) is 11.3 Å². The number of carbonyl (C=O) groups excluding carboxylic acids is 2. The molecule has 3 rings (SSSR count). The largest absolute Gasteiger partial charge is 0.352 e. The lowest BCUT2D eigenvalue weighted by Crippen LogP contribution is -2.51. The average Bonchev–Trinajstić information content (AvgIpc) is 3.26. The summed E-state index contributed by atoms with van der Waals surface area (Å²) in [4.78, 5) is 28.6. The molecule has 0 bridgehead atoms. The van der Waals surface area contributed by atoms with Crippen LogP contribution in [0.2, 0.25) is 0 Å². The summed E-state index contributed by atoms with van der Waals surface area (Å²) in [5, 5.41) is 6.18. The van der Waals surface area contributed by atoms with Crippen molar-refractivity contribution in [3.63, 3.8) is 0 Å². The molecule has 2 saturated heterocycles. The fourth-order valence-corrected chi connectivity index (χ4v) is 3.97. The average molecular weight is 393 g/mol. The molecule has 6 nitrogen and oxygen atoms in total. The van der Waals surface area contributed by atoms with Gasteiger partial charge >= 0.3 is 0 Å². The zero-order valence-corrected chi connectivity index (χ0v) is 16.3. The second-order valence-corrected chi connectivity index (χ2v) is 7.06. The van der Waals surface area contributed by atoms with Crippen LogP contribution in [0.1, 0.15) is 19.3 Å². The first kappa shape index (κ1) is 22.2. The molecule has 2 heterocycles. The predicted molar refractivity (Wildman–Crippen MR) is 103 cm³/mol. The monoisotopic (exact) mass is 392 g/mol. The molecule has 1 atom stereocenters. The fourth-order valence-electron chi connectivity index (χ4n) is 3.97. The van der Waals surface area contributed by atoms with Gasteiger partial charge in [-0.3, -0.25) is 14.5 Å². The highest BCUT2D eigenvalue weighted by molar-refractivity contribution is 5.85. The van der Waals surface area contributed by atoms with Crippen molar-refractivity contribution in [2.45, 2.75) is 19.3 Å². The Balaban J connectivity index is 0.00000156. The van der Waals surface area contributed by atoms with Crippen molar-refractivity contribution in [2.75, 3.05) is 52.4 Å². The first-order valence-electron chi connectivity index (χ1n) is 8.74. The van der Waals surface area contributed by atoms with Crippen LogP contribution in [0.4, 0.5) is 0 Å². The molecular formula is C17H30Cl2N4O2. The minimum Gasteiger partial charge on any atom is -0.352 e. The van der Waals surface area contributed by atoms with Gasteiger partial charge in [-0.1, -0.05) is 6.08 Å². The molecule has 0 aromatic rings. The third-order valence-electron chi connectivity index (χ3n) is 5.58. The molecule has 1 unspecified atom stereocenters.